The predicted molar refractivity (Wildman–Crippen MR) is 138 cm³/mol. The van der Waals surface area contributed by atoms with Crippen molar-refractivity contribution in [1.82, 2.24) is 24.6 Å². The highest BCUT2D eigenvalue weighted by atomic mass is 32.1. The fourth-order valence-electron chi connectivity index (χ4n) is 4.21. The fourth-order valence-corrected chi connectivity index (χ4v) is 4.95. The molecule has 1 aliphatic heterocycles. The first-order valence-electron chi connectivity index (χ1n) is 11.5. The van der Waals surface area contributed by atoms with Crippen LogP contribution in [0.5, 0.6) is 0 Å². The molecule has 174 valence electrons. The summed E-state index contributed by atoms with van der Waals surface area (Å²) in [4.78, 5) is 24.7. The number of carbonyl (C=O) groups is 1. The summed E-state index contributed by atoms with van der Waals surface area (Å²) in [6, 6.07) is 21.8. The van der Waals surface area contributed by atoms with Gasteiger partial charge in [-0.3, -0.25) is 4.79 Å². The Morgan fingerprint density at radius 1 is 1.00 bits per heavy atom. The van der Waals surface area contributed by atoms with Gasteiger partial charge >= 0.3 is 0 Å². The third-order valence-electron chi connectivity index (χ3n) is 5.99. The van der Waals surface area contributed by atoms with Gasteiger partial charge in [0.2, 0.25) is 0 Å². The van der Waals surface area contributed by atoms with Crippen molar-refractivity contribution >= 4 is 39.9 Å². The molecule has 6 rings (SSSR count). The zero-order valence-electron chi connectivity index (χ0n) is 18.9. The molecular weight excluding hydrogens is 458 g/mol. The molecule has 4 heterocycles. The smallest absolute Gasteiger partial charge is 0.257 e. The van der Waals surface area contributed by atoms with Crippen molar-refractivity contribution in [3.8, 4) is 16.3 Å². The second-order valence-electron chi connectivity index (χ2n) is 8.26. The minimum Gasteiger partial charge on any atom is -0.378 e. The molecule has 8 heteroatoms. The van der Waals surface area contributed by atoms with E-state index in [1.54, 1.807) is 11.3 Å². The number of nitrogens with zero attached hydrogens (tertiary/aromatic N) is 4. The molecule has 2 aromatic carbocycles. The SMILES string of the molecule is O=C(C(=Cc1cn(-c2ccccc2)nc1-c1cccs1)c1nc2ccccc2[nH]1)N1CCOCC1. The number of morpholine rings is 1. The fraction of sp³-hybridized carbons (Fsp3) is 0.148. The predicted octanol–water partition coefficient (Wildman–Crippen LogP) is 4.88. The number of para-hydroxylation sites is 3. The van der Waals surface area contributed by atoms with Gasteiger partial charge in [-0.05, 0) is 41.8 Å². The Hall–Kier alpha value is -4.01. The van der Waals surface area contributed by atoms with Gasteiger partial charge in [-0.2, -0.15) is 5.10 Å². The van der Waals surface area contributed by atoms with E-state index in [1.807, 2.05) is 94.0 Å². The summed E-state index contributed by atoms with van der Waals surface area (Å²) in [5.41, 5.74) is 4.85. The summed E-state index contributed by atoms with van der Waals surface area (Å²) < 4.78 is 7.33. The monoisotopic (exact) mass is 481 g/mol. The number of carbonyl (C=O) groups excluding carboxylic acids is 1. The van der Waals surface area contributed by atoms with Crippen LogP contribution in [-0.2, 0) is 9.53 Å². The molecule has 0 bridgehead atoms. The summed E-state index contributed by atoms with van der Waals surface area (Å²) in [5, 5.41) is 6.92. The molecule has 0 saturated carbocycles. The molecule has 0 atom stereocenters. The van der Waals surface area contributed by atoms with Crippen LogP contribution < -0.4 is 0 Å². The van der Waals surface area contributed by atoms with E-state index in [0.29, 0.717) is 37.7 Å². The van der Waals surface area contributed by atoms with Crippen LogP contribution in [0.1, 0.15) is 11.4 Å². The Morgan fingerprint density at radius 3 is 2.57 bits per heavy atom. The van der Waals surface area contributed by atoms with Crippen LogP contribution in [0.25, 0.3) is 38.9 Å². The van der Waals surface area contributed by atoms with E-state index >= 15 is 0 Å². The molecule has 35 heavy (non-hydrogen) atoms. The van der Waals surface area contributed by atoms with Gasteiger partial charge < -0.3 is 14.6 Å². The quantitative estimate of drug-likeness (QED) is 0.363. The molecular formula is C27H23N5O2S. The van der Waals surface area contributed by atoms with Crippen molar-refractivity contribution in [3.63, 3.8) is 0 Å². The summed E-state index contributed by atoms with van der Waals surface area (Å²) in [6.07, 6.45) is 3.89. The van der Waals surface area contributed by atoms with Gasteiger partial charge in [0.1, 0.15) is 11.5 Å². The summed E-state index contributed by atoms with van der Waals surface area (Å²) >= 11 is 1.62. The normalized spacial score (nSPS) is 14.5. The van der Waals surface area contributed by atoms with E-state index in [1.165, 1.54) is 0 Å². The Bertz CT molecular complexity index is 1460. The largest absolute Gasteiger partial charge is 0.378 e. The molecule has 0 aliphatic carbocycles. The number of nitrogens with one attached hydrogen (secondary N) is 1. The van der Waals surface area contributed by atoms with Crippen molar-refractivity contribution in [3.05, 3.63) is 89.7 Å². The third-order valence-corrected chi connectivity index (χ3v) is 6.87. The van der Waals surface area contributed by atoms with Crippen LogP contribution in [0.15, 0.2) is 78.3 Å². The molecule has 3 aromatic heterocycles. The molecule has 7 nitrogen and oxygen atoms in total. The number of rotatable bonds is 5. The summed E-state index contributed by atoms with van der Waals surface area (Å²) in [7, 11) is 0. The number of hydrogen-bond donors (Lipinski definition) is 1. The minimum atomic E-state index is -0.0723. The molecule has 5 aromatic rings. The van der Waals surface area contributed by atoms with Crippen LogP contribution in [0.3, 0.4) is 0 Å². The van der Waals surface area contributed by atoms with E-state index < -0.39 is 0 Å². The van der Waals surface area contributed by atoms with Gasteiger partial charge in [0.05, 0.1) is 40.4 Å². The highest BCUT2D eigenvalue weighted by molar-refractivity contribution is 7.13. The lowest BCUT2D eigenvalue weighted by atomic mass is 10.1. The first-order valence-corrected chi connectivity index (χ1v) is 12.4. The second-order valence-corrected chi connectivity index (χ2v) is 9.20. The number of imidazole rings is 1. The Kier molecular flexibility index (Phi) is 5.73. The van der Waals surface area contributed by atoms with E-state index in [0.717, 1.165) is 32.9 Å². The molecule has 0 spiro atoms. The average molecular weight is 482 g/mol. The first-order chi connectivity index (χ1) is 17.3. The number of aromatic nitrogens is 4. The maximum atomic E-state index is 13.8. The van der Waals surface area contributed by atoms with Gasteiger partial charge in [-0.25, -0.2) is 9.67 Å². The molecule has 1 N–H and O–H groups in total. The lowest BCUT2D eigenvalue weighted by Crippen LogP contribution is -2.41. The standard InChI is InChI=1S/C27H23N5O2S/c33-27(31-12-14-34-15-13-31)21(26-28-22-9-4-5-10-23(22)29-26)17-19-18-32(20-7-2-1-3-8-20)30-25(19)24-11-6-16-35-24/h1-11,16-18H,12-15H2,(H,28,29). The minimum absolute atomic E-state index is 0.0723. The van der Waals surface area contributed by atoms with Crippen LogP contribution in [-0.4, -0.2) is 56.9 Å². The molecule has 1 saturated heterocycles. The van der Waals surface area contributed by atoms with Crippen molar-refractivity contribution < 1.29 is 9.53 Å². The van der Waals surface area contributed by atoms with E-state index in [9.17, 15) is 4.79 Å². The lowest BCUT2D eigenvalue weighted by molar-refractivity contribution is -0.128. The van der Waals surface area contributed by atoms with Crippen molar-refractivity contribution in [2.75, 3.05) is 26.3 Å². The van der Waals surface area contributed by atoms with Gasteiger partial charge in [0.25, 0.3) is 5.91 Å². The molecule has 0 unspecified atom stereocenters. The molecule has 1 fully saturated rings. The summed E-state index contributed by atoms with van der Waals surface area (Å²) in [6.45, 7) is 2.17. The maximum absolute atomic E-state index is 13.8. The number of ether oxygens (including phenoxy) is 1. The van der Waals surface area contributed by atoms with Crippen molar-refractivity contribution in [2.45, 2.75) is 0 Å². The lowest BCUT2D eigenvalue weighted by Gasteiger charge is -2.27. The van der Waals surface area contributed by atoms with Gasteiger partial charge in [-0.15, -0.1) is 11.3 Å². The highest BCUT2D eigenvalue weighted by Crippen LogP contribution is 2.31. The number of thiophene rings is 1. The van der Waals surface area contributed by atoms with Crippen molar-refractivity contribution in [2.24, 2.45) is 0 Å². The molecule has 1 aliphatic rings. The number of fused-ring (bicyclic) bond motifs is 1. The number of benzene rings is 2. The maximum Gasteiger partial charge on any atom is 0.257 e. The van der Waals surface area contributed by atoms with Crippen LogP contribution in [0.4, 0.5) is 0 Å². The average Bonchev–Trinajstić information content (AvgIpc) is 3.67. The molecule has 0 radical (unpaired) electrons. The van der Waals surface area contributed by atoms with E-state index in [4.69, 9.17) is 14.8 Å². The number of aromatic amines is 1. The Balaban J connectivity index is 1.51. The van der Waals surface area contributed by atoms with Crippen molar-refractivity contribution in [1.29, 1.82) is 0 Å². The van der Waals surface area contributed by atoms with E-state index in [-0.39, 0.29) is 5.91 Å². The zero-order chi connectivity index (χ0) is 23.6. The van der Waals surface area contributed by atoms with Crippen LogP contribution >= 0.6 is 11.3 Å². The second kappa shape index (κ2) is 9.32. The van der Waals surface area contributed by atoms with Gasteiger partial charge in [0.15, 0.2) is 0 Å². The Morgan fingerprint density at radius 2 is 1.80 bits per heavy atom. The number of H-pyrrole nitrogens is 1. The van der Waals surface area contributed by atoms with Gasteiger partial charge in [0, 0.05) is 24.8 Å². The van der Waals surface area contributed by atoms with Crippen LogP contribution in [0, 0.1) is 0 Å². The molecule has 1 amide bonds. The summed E-state index contributed by atoms with van der Waals surface area (Å²) in [5.74, 6) is 0.476. The number of amides is 1. The zero-order valence-corrected chi connectivity index (χ0v) is 19.7. The highest BCUT2D eigenvalue weighted by Gasteiger charge is 2.25. The Labute approximate surface area is 206 Å². The van der Waals surface area contributed by atoms with Crippen LogP contribution in [0.2, 0.25) is 0 Å². The first kappa shape index (κ1) is 21.5. The van der Waals surface area contributed by atoms with Gasteiger partial charge in [-0.1, -0.05) is 36.4 Å². The van der Waals surface area contributed by atoms with E-state index in [2.05, 4.69) is 4.98 Å². The number of hydrogen-bond acceptors (Lipinski definition) is 5. The third kappa shape index (κ3) is 4.29. The topological polar surface area (TPSA) is 76.0 Å².